The number of ether oxygens (including phenoxy) is 1. The Labute approximate surface area is 197 Å². The maximum Gasteiger partial charge on any atom is 0.175 e. The van der Waals surface area contributed by atoms with Crippen molar-refractivity contribution in [2.75, 3.05) is 42.4 Å². The van der Waals surface area contributed by atoms with E-state index in [2.05, 4.69) is 20.0 Å². The molecule has 10 heteroatoms. The number of aromatic amines is 1. The first-order valence-corrected chi connectivity index (χ1v) is 13.0. The van der Waals surface area contributed by atoms with Crippen molar-refractivity contribution in [3.63, 3.8) is 0 Å². The maximum absolute atomic E-state index is 11.8. The highest BCUT2D eigenvalue weighted by atomic mass is 32.2. The van der Waals surface area contributed by atoms with Crippen LogP contribution in [0.15, 0.2) is 59.8 Å². The average molecular weight is 477 g/mol. The fourth-order valence-electron chi connectivity index (χ4n) is 4.74. The van der Waals surface area contributed by atoms with Gasteiger partial charge in [0.2, 0.25) is 0 Å². The first-order valence-electron chi connectivity index (χ1n) is 11.2. The number of morpholine rings is 1. The minimum Gasteiger partial charge on any atom is -0.377 e. The maximum atomic E-state index is 11.8. The summed E-state index contributed by atoms with van der Waals surface area (Å²) < 4.78 is 29.4. The quantitative estimate of drug-likeness (QED) is 0.479. The minimum absolute atomic E-state index is 0.184. The molecule has 2 aliphatic rings. The normalized spacial score (nSPS) is 18.1. The molecule has 0 bridgehead atoms. The third-order valence-electron chi connectivity index (χ3n) is 6.47. The zero-order valence-electron chi connectivity index (χ0n) is 18.7. The highest BCUT2D eigenvalue weighted by Gasteiger charge is 2.35. The van der Waals surface area contributed by atoms with Crippen LogP contribution in [0.3, 0.4) is 0 Å². The molecule has 1 saturated heterocycles. The number of sulfone groups is 1. The number of nitrogens with zero attached hydrogens (tertiary/aromatic N) is 5. The zero-order chi connectivity index (χ0) is 23.3. The molecule has 0 amide bonds. The molecule has 4 aromatic rings. The van der Waals surface area contributed by atoms with E-state index in [1.807, 2.05) is 36.5 Å². The summed E-state index contributed by atoms with van der Waals surface area (Å²) in [5.74, 6) is 1.56. The van der Waals surface area contributed by atoms with Crippen molar-refractivity contribution in [1.29, 1.82) is 0 Å². The van der Waals surface area contributed by atoms with Crippen LogP contribution in [0.4, 0.5) is 11.5 Å². The fourth-order valence-corrected chi connectivity index (χ4v) is 5.37. The van der Waals surface area contributed by atoms with Crippen LogP contribution in [0.2, 0.25) is 0 Å². The molecule has 174 valence electrons. The molecular formula is C24H24N6O3S. The first kappa shape index (κ1) is 21.1. The van der Waals surface area contributed by atoms with E-state index in [-0.39, 0.29) is 6.04 Å². The second-order valence-electron chi connectivity index (χ2n) is 8.76. The third-order valence-corrected chi connectivity index (χ3v) is 7.60. The molecule has 4 heterocycles. The number of benzene rings is 2. The van der Waals surface area contributed by atoms with E-state index < -0.39 is 9.84 Å². The summed E-state index contributed by atoms with van der Waals surface area (Å²) in [5.41, 5.74) is 3.87. The number of rotatable bonds is 4. The molecule has 0 aliphatic carbocycles. The van der Waals surface area contributed by atoms with Gasteiger partial charge in [-0.15, -0.1) is 0 Å². The standard InChI is InChI=1S/C24H24N6O3S/c1-34(31,32)18-7-5-16(6-8-18)13-29-14-17-15-33-10-9-30(17)24-22(29)12-25-23(27-24)19-3-2-4-21-20(19)11-26-28-21/h2-8,11-12,17H,9-10,13-15H2,1H3,(H,26,28). The number of hydrogen-bond donors (Lipinski definition) is 1. The van der Waals surface area contributed by atoms with E-state index >= 15 is 0 Å². The Kier molecular flexibility index (Phi) is 5.00. The fraction of sp³-hybridized carbons (Fsp3) is 0.292. The lowest BCUT2D eigenvalue weighted by molar-refractivity contribution is 0.0936. The summed E-state index contributed by atoms with van der Waals surface area (Å²) in [4.78, 5) is 14.7. The van der Waals surface area contributed by atoms with Crippen LogP contribution in [0.25, 0.3) is 22.3 Å². The van der Waals surface area contributed by atoms with Crippen LogP contribution in [0.1, 0.15) is 5.56 Å². The Balaban J connectivity index is 1.39. The van der Waals surface area contributed by atoms with Crippen LogP contribution >= 0.6 is 0 Å². The van der Waals surface area contributed by atoms with Gasteiger partial charge in [-0.25, -0.2) is 18.4 Å². The lowest BCUT2D eigenvalue weighted by Crippen LogP contribution is -2.55. The summed E-state index contributed by atoms with van der Waals surface area (Å²) in [6.07, 6.45) is 4.92. The van der Waals surface area contributed by atoms with E-state index in [1.54, 1.807) is 18.3 Å². The van der Waals surface area contributed by atoms with Crippen molar-refractivity contribution >= 4 is 32.2 Å². The van der Waals surface area contributed by atoms with Gasteiger partial charge < -0.3 is 14.5 Å². The van der Waals surface area contributed by atoms with Crippen molar-refractivity contribution in [1.82, 2.24) is 20.2 Å². The van der Waals surface area contributed by atoms with Gasteiger partial charge in [-0.05, 0) is 23.8 Å². The van der Waals surface area contributed by atoms with Crippen LogP contribution in [0.5, 0.6) is 0 Å². The van der Waals surface area contributed by atoms with E-state index in [0.717, 1.165) is 46.6 Å². The third kappa shape index (κ3) is 3.68. The SMILES string of the molecule is CS(=O)(=O)c1ccc(CN2CC3COCCN3c3nc(-c4cccc5[nH]ncc45)ncc32)cc1. The Morgan fingerprint density at radius 1 is 1.15 bits per heavy atom. The van der Waals surface area contributed by atoms with Crippen molar-refractivity contribution in [2.24, 2.45) is 0 Å². The Morgan fingerprint density at radius 2 is 2.00 bits per heavy atom. The number of anilines is 2. The molecule has 6 rings (SSSR count). The molecule has 2 aromatic carbocycles. The highest BCUT2D eigenvalue weighted by molar-refractivity contribution is 7.90. The van der Waals surface area contributed by atoms with Crippen molar-refractivity contribution in [2.45, 2.75) is 17.5 Å². The second-order valence-corrected chi connectivity index (χ2v) is 10.8. The van der Waals surface area contributed by atoms with Crippen LogP contribution < -0.4 is 9.80 Å². The molecule has 0 saturated carbocycles. The smallest absolute Gasteiger partial charge is 0.175 e. The van der Waals surface area contributed by atoms with Gasteiger partial charge in [0.1, 0.15) is 0 Å². The average Bonchev–Trinajstić information content (AvgIpc) is 3.33. The van der Waals surface area contributed by atoms with E-state index in [4.69, 9.17) is 14.7 Å². The monoisotopic (exact) mass is 476 g/mol. The molecule has 34 heavy (non-hydrogen) atoms. The largest absolute Gasteiger partial charge is 0.377 e. The molecule has 2 aromatic heterocycles. The van der Waals surface area contributed by atoms with E-state index in [1.165, 1.54) is 6.26 Å². The Hall–Kier alpha value is -3.50. The first-order chi connectivity index (χ1) is 16.5. The van der Waals surface area contributed by atoms with Gasteiger partial charge in [0.05, 0.1) is 47.7 Å². The van der Waals surface area contributed by atoms with Crippen molar-refractivity contribution in [3.05, 3.63) is 60.4 Å². The summed E-state index contributed by atoms with van der Waals surface area (Å²) in [5, 5.41) is 8.16. The number of nitrogens with one attached hydrogen (secondary N) is 1. The molecule has 1 atom stereocenters. The highest BCUT2D eigenvalue weighted by Crippen LogP contribution is 2.37. The Bertz CT molecular complexity index is 1470. The lowest BCUT2D eigenvalue weighted by Gasteiger charge is -2.45. The zero-order valence-corrected chi connectivity index (χ0v) is 19.5. The van der Waals surface area contributed by atoms with E-state index in [9.17, 15) is 8.42 Å². The van der Waals surface area contributed by atoms with Gasteiger partial charge in [0, 0.05) is 36.8 Å². The summed E-state index contributed by atoms with van der Waals surface area (Å²) >= 11 is 0. The van der Waals surface area contributed by atoms with Gasteiger partial charge in [-0.2, -0.15) is 5.10 Å². The summed E-state index contributed by atoms with van der Waals surface area (Å²) in [7, 11) is -3.22. The Morgan fingerprint density at radius 3 is 2.82 bits per heavy atom. The second kappa shape index (κ2) is 8.07. The minimum atomic E-state index is -3.22. The van der Waals surface area contributed by atoms with Gasteiger partial charge in [-0.1, -0.05) is 24.3 Å². The number of fused-ring (bicyclic) bond motifs is 4. The molecule has 2 aliphatic heterocycles. The number of hydrogen-bond acceptors (Lipinski definition) is 8. The molecule has 1 unspecified atom stereocenters. The summed E-state index contributed by atoms with van der Waals surface area (Å²) in [6, 6.07) is 13.2. The topological polar surface area (TPSA) is 104 Å². The molecule has 0 spiro atoms. The number of H-pyrrole nitrogens is 1. The molecule has 1 fully saturated rings. The molecule has 1 N–H and O–H groups in total. The molecule has 9 nitrogen and oxygen atoms in total. The van der Waals surface area contributed by atoms with Crippen molar-refractivity contribution in [3.8, 4) is 11.4 Å². The van der Waals surface area contributed by atoms with Crippen molar-refractivity contribution < 1.29 is 13.2 Å². The molecule has 0 radical (unpaired) electrons. The summed E-state index contributed by atoms with van der Waals surface area (Å²) in [6.45, 7) is 3.49. The van der Waals surface area contributed by atoms with Gasteiger partial charge >= 0.3 is 0 Å². The van der Waals surface area contributed by atoms with Gasteiger partial charge in [0.15, 0.2) is 21.5 Å². The van der Waals surface area contributed by atoms with E-state index in [0.29, 0.717) is 30.5 Å². The predicted molar refractivity (Wildman–Crippen MR) is 130 cm³/mol. The van der Waals surface area contributed by atoms with Gasteiger partial charge in [-0.3, -0.25) is 5.10 Å². The predicted octanol–water partition coefficient (Wildman–Crippen LogP) is 2.65. The number of aromatic nitrogens is 4. The van der Waals surface area contributed by atoms with Gasteiger partial charge in [0.25, 0.3) is 0 Å². The lowest BCUT2D eigenvalue weighted by atomic mass is 10.1. The van der Waals surface area contributed by atoms with Crippen LogP contribution in [0, 0.1) is 0 Å². The van der Waals surface area contributed by atoms with Crippen LogP contribution in [-0.2, 0) is 21.1 Å². The molecular weight excluding hydrogens is 452 g/mol. The van der Waals surface area contributed by atoms with Crippen LogP contribution in [-0.4, -0.2) is 67.2 Å².